The van der Waals surface area contributed by atoms with Crippen LogP contribution in [0.1, 0.15) is 25.5 Å². The minimum atomic E-state index is -0.674. The maximum absolute atomic E-state index is 13.5. The first-order valence-electron chi connectivity index (χ1n) is 6.19. The van der Waals surface area contributed by atoms with Gasteiger partial charge in [0.25, 0.3) is 0 Å². The number of amides is 3. The van der Waals surface area contributed by atoms with Crippen molar-refractivity contribution in [2.45, 2.75) is 25.9 Å². The first kappa shape index (κ1) is 17.7. The topological polar surface area (TPSA) is 70.2 Å². The van der Waals surface area contributed by atoms with Crippen molar-refractivity contribution in [1.82, 2.24) is 16.0 Å². The van der Waals surface area contributed by atoms with Gasteiger partial charge >= 0.3 is 6.03 Å². The summed E-state index contributed by atoms with van der Waals surface area (Å²) in [6, 6.07) is 0.839. The van der Waals surface area contributed by atoms with Crippen molar-refractivity contribution in [3.05, 3.63) is 33.6 Å². The SMILES string of the molecule is CNC(=O)NC(=O)[C@@H](C)N[C@@H](C)c1cc(F)c(Cl)cc1Cl. The maximum atomic E-state index is 13.5. The summed E-state index contributed by atoms with van der Waals surface area (Å²) < 4.78 is 13.5. The molecular weight excluding hydrogens is 320 g/mol. The zero-order chi connectivity index (χ0) is 16.2. The summed E-state index contributed by atoms with van der Waals surface area (Å²) in [7, 11) is 1.40. The molecule has 0 aliphatic rings. The highest BCUT2D eigenvalue weighted by Crippen LogP contribution is 2.28. The molecule has 0 fully saturated rings. The molecule has 0 aliphatic heterocycles. The first-order chi connectivity index (χ1) is 9.76. The number of benzene rings is 1. The zero-order valence-electron chi connectivity index (χ0n) is 11.8. The van der Waals surface area contributed by atoms with Crippen molar-refractivity contribution in [2.75, 3.05) is 7.05 Å². The lowest BCUT2D eigenvalue weighted by Crippen LogP contribution is -2.47. The monoisotopic (exact) mass is 335 g/mol. The quantitative estimate of drug-likeness (QED) is 0.741. The van der Waals surface area contributed by atoms with E-state index in [0.29, 0.717) is 10.6 Å². The molecule has 0 bridgehead atoms. The van der Waals surface area contributed by atoms with Gasteiger partial charge in [-0.15, -0.1) is 0 Å². The molecule has 0 unspecified atom stereocenters. The average Bonchev–Trinajstić information content (AvgIpc) is 2.42. The molecule has 116 valence electrons. The van der Waals surface area contributed by atoms with Crippen LogP contribution in [0, 0.1) is 5.82 Å². The number of urea groups is 1. The Bertz CT molecular complexity index is 554. The molecule has 3 N–H and O–H groups in total. The highest BCUT2D eigenvalue weighted by molar-refractivity contribution is 6.35. The predicted octanol–water partition coefficient (Wildman–Crippen LogP) is 2.63. The van der Waals surface area contributed by atoms with Crippen LogP contribution in [0.2, 0.25) is 10.0 Å². The van der Waals surface area contributed by atoms with Crippen LogP contribution < -0.4 is 16.0 Å². The predicted molar refractivity (Wildman–Crippen MR) is 80.0 cm³/mol. The Balaban J connectivity index is 2.77. The fourth-order valence-corrected chi connectivity index (χ4v) is 2.24. The van der Waals surface area contributed by atoms with Gasteiger partial charge in [0.2, 0.25) is 5.91 Å². The Morgan fingerprint density at radius 3 is 2.38 bits per heavy atom. The van der Waals surface area contributed by atoms with Crippen LogP contribution in [0.5, 0.6) is 0 Å². The molecule has 0 aromatic heterocycles. The van der Waals surface area contributed by atoms with Crippen molar-refractivity contribution in [3.63, 3.8) is 0 Å². The van der Waals surface area contributed by atoms with E-state index in [-0.39, 0.29) is 5.02 Å². The summed E-state index contributed by atoms with van der Waals surface area (Å²) in [6.45, 7) is 3.30. The molecule has 0 radical (unpaired) electrons. The van der Waals surface area contributed by atoms with Crippen LogP contribution in [-0.4, -0.2) is 25.0 Å². The minimum absolute atomic E-state index is 0.0682. The van der Waals surface area contributed by atoms with E-state index < -0.39 is 29.8 Å². The molecule has 8 heteroatoms. The molecule has 0 aliphatic carbocycles. The molecule has 0 saturated carbocycles. The van der Waals surface area contributed by atoms with Crippen molar-refractivity contribution >= 4 is 35.1 Å². The van der Waals surface area contributed by atoms with Crippen molar-refractivity contribution < 1.29 is 14.0 Å². The van der Waals surface area contributed by atoms with Gasteiger partial charge in [-0.05, 0) is 31.5 Å². The molecular formula is C13H16Cl2FN3O2. The van der Waals surface area contributed by atoms with Gasteiger partial charge in [0.05, 0.1) is 11.1 Å². The maximum Gasteiger partial charge on any atom is 0.321 e. The second-order valence-electron chi connectivity index (χ2n) is 4.47. The standard InChI is InChI=1S/C13H16Cl2FN3O2/c1-6(8-4-11(16)10(15)5-9(8)14)18-7(2)12(20)19-13(21)17-3/h4-7,18H,1-3H3,(H2,17,19,20,21)/t6-,7+/m0/s1. The van der Waals surface area contributed by atoms with Crippen LogP contribution in [0.4, 0.5) is 9.18 Å². The number of carbonyl (C=O) groups excluding carboxylic acids is 2. The summed E-state index contributed by atoms with van der Waals surface area (Å²) in [5.41, 5.74) is 0.471. The van der Waals surface area contributed by atoms with Gasteiger partial charge in [0.15, 0.2) is 0 Å². The van der Waals surface area contributed by atoms with Gasteiger partial charge in [0.1, 0.15) is 5.82 Å². The van der Waals surface area contributed by atoms with Gasteiger partial charge in [-0.2, -0.15) is 0 Å². The zero-order valence-corrected chi connectivity index (χ0v) is 13.3. The third kappa shape index (κ3) is 4.84. The van der Waals surface area contributed by atoms with E-state index in [1.807, 2.05) is 0 Å². The van der Waals surface area contributed by atoms with Gasteiger partial charge in [0, 0.05) is 18.1 Å². The number of carbonyl (C=O) groups is 2. The van der Waals surface area contributed by atoms with E-state index >= 15 is 0 Å². The van der Waals surface area contributed by atoms with E-state index in [1.54, 1.807) is 13.8 Å². The lowest BCUT2D eigenvalue weighted by atomic mass is 10.1. The Morgan fingerprint density at radius 1 is 1.19 bits per heavy atom. The largest absolute Gasteiger partial charge is 0.341 e. The van der Waals surface area contributed by atoms with Gasteiger partial charge in [-0.1, -0.05) is 23.2 Å². The van der Waals surface area contributed by atoms with E-state index in [4.69, 9.17) is 23.2 Å². The summed E-state index contributed by atoms with van der Waals surface area (Å²) in [4.78, 5) is 22.8. The summed E-state index contributed by atoms with van der Waals surface area (Å²) in [5.74, 6) is -1.10. The molecule has 1 rings (SSSR count). The average molecular weight is 336 g/mol. The first-order valence-corrected chi connectivity index (χ1v) is 6.95. The lowest BCUT2D eigenvalue weighted by molar-refractivity contribution is -0.121. The third-order valence-electron chi connectivity index (χ3n) is 2.86. The molecule has 1 aromatic carbocycles. The van der Waals surface area contributed by atoms with Crippen LogP contribution in [0.25, 0.3) is 0 Å². The molecule has 21 heavy (non-hydrogen) atoms. The fraction of sp³-hybridized carbons (Fsp3) is 0.385. The number of hydrogen-bond acceptors (Lipinski definition) is 3. The van der Waals surface area contributed by atoms with E-state index in [1.165, 1.54) is 19.2 Å². The number of halogens is 3. The Morgan fingerprint density at radius 2 is 1.81 bits per heavy atom. The Hall–Kier alpha value is -1.37. The minimum Gasteiger partial charge on any atom is -0.341 e. The fourth-order valence-electron chi connectivity index (χ4n) is 1.69. The van der Waals surface area contributed by atoms with Crippen LogP contribution >= 0.6 is 23.2 Å². The van der Waals surface area contributed by atoms with Gasteiger partial charge in [-0.3, -0.25) is 15.4 Å². The highest BCUT2D eigenvalue weighted by atomic mass is 35.5. The number of hydrogen-bond donors (Lipinski definition) is 3. The number of imide groups is 1. The molecule has 3 amide bonds. The molecule has 0 heterocycles. The molecule has 0 saturated heterocycles. The normalized spacial score (nSPS) is 13.4. The van der Waals surface area contributed by atoms with Crippen molar-refractivity contribution in [3.8, 4) is 0 Å². The second kappa shape index (κ2) is 7.59. The summed E-state index contributed by atoms with van der Waals surface area (Å²) in [5, 5.41) is 7.57. The van der Waals surface area contributed by atoms with Gasteiger partial charge < -0.3 is 5.32 Å². The van der Waals surface area contributed by atoms with Gasteiger partial charge in [-0.25, -0.2) is 9.18 Å². The molecule has 1 aromatic rings. The number of nitrogens with one attached hydrogen (secondary N) is 3. The Labute approximate surface area is 132 Å². The van der Waals surface area contributed by atoms with E-state index in [2.05, 4.69) is 16.0 Å². The smallest absolute Gasteiger partial charge is 0.321 e. The lowest BCUT2D eigenvalue weighted by Gasteiger charge is -2.20. The van der Waals surface area contributed by atoms with Crippen molar-refractivity contribution in [1.29, 1.82) is 0 Å². The van der Waals surface area contributed by atoms with E-state index in [0.717, 1.165) is 0 Å². The van der Waals surface area contributed by atoms with E-state index in [9.17, 15) is 14.0 Å². The summed E-state index contributed by atoms with van der Waals surface area (Å²) in [6.07, 6.45) is 0. The molecule has 2 atom stereocenters. The van der Waals surface area contributed by atoms with Crippen LogP contribution in [-0.2, 0) is 4.79 Å². The Kier molecular flexibility index (Phi) is 6.39. The third-order valence-corrected chi connectivity index (χ3v) is 3.48. The van der Waals surface area contributed by atoms with Crippen molar-refractivity contribution in [2.24, 2.45) is 0 Å². The highest BCUT2D eigenvalue weighted by Gasteiger charge is 2.20. The second-order valence-corrected chi connectivity index (χ2v) is 5.28. The number of rotatable bonds is 4. The molecule has 0 spiro atoms. The van der Waals surface area contributed by atoms with Crippen LogP contribution in [0.15, 0.2) is 12.1 Å². The molecule has 5 nitrogen and oxygen atoms in total. The summed E-state index contributed by atoms with van der Waals surface area (Å²) >= 11 is 11.6. The van der Waals surface area contributed by atoms with Crippen LogP contribution in [0.3, 0.4) is 0 Å².